The predicted molar refractivity (Wildman–Crippen MR) is 171 cm³/mol. The Bertz CT molecular complexity index is 2220. The lowest BCUT2D eigenvalue weighted by Crippen LogP contribution is -1.97. The van der Waals surface area contributed by atoms with E-state index in [1.165, 1.54) is 0 Å². The highest BCUT2D eigenvalue weighted by molar-refractivity contribution is 6.09. The van der Waals surface area contributed by atoms with Crippen LogP contribution >= 0.6 is 0 Å². The molecule has 5 aromatic heterocycles. The van der Waals surface area contributed by atoms with E-state index in [4.69, 9.17) is 4.42 Å². The number of allylic oxidation sites excluding steroid dienone is 4. The number of para-hydroxylation sites is 1. The summed E-state index contributed by atoms with van der Waals surface area (Å²) in [4.78, 5) is 9.37. The van der Waals surface area contributed by atoms with Gasteiger partial charge >= 0.3 is 0 Å². The first-order valence-corrected chi connectivity index (χ1v) is 13.6. The van der Waals surface area contributed by atoms with Gasteiger partial charge in [-0.2, -0.15) is 0 Å². The Kier molecular flexibility index (Phi) is 5.79. The summed E-state index contributed by atoms with van der Waals surface area (Å²) in [6, 6.07) is 20.9. The molecule has 0 spiro atoms. The van der Waals surface area contributed by atoms with E-state index >= 15 is 0 Å². The average molecular weight is 533 g/mol. The van der Waals surface area contributed by atoms with E-state index in [9.17, 15) is 0 Å². The van der Waals surface area contributed by atoms with Crippen LogP contribution in [0.15, 0.2) is 115 Å². The lowest BCUT2D eigenvalue weighted by Gasteiger charge is -2.10. The molecule has 0 aliphatic carbocycles. The lowest BCUT2D eigenvalue weighted by molar-refractivity contribution is 0.665. The van der Waals surface area contributed by atoms with E-state index in [-0.39, 0.29) is 0 Å². The Hall–Kier alpha value is -5.42. The van der Waals surface area contributed by atoms with Crippen LogP contribution in [-0.4, -0.2) is 19.1 Å². The molecule has 0 radical (unpaired) electrons. The molecule has 0 unspecified atom stereocenters. The number of furan rings is 1. The van der Waals surface area contributed by atoms with Gasteiger partial charge in [0.05, 0.1) is 39.1 Å². The van der Waals surface area contributed by atoms with Crippen LogP contribution in [0.3, 0.4) is 0 Å². The first-order chi connectivity index (χ1) is 20.1. The van der Waals surface area contributed by atoms with Crippen molar-refractivity contribution in [3.8, 4) is 11.4 Å². The first kappa shape index (κ1) is 24.6. The van der Waals surface area contributed by atoms with Crippen LogP contribution in [0.1, 0.15) is 22.5 Å². The molecule has 0 fully saturated rings. The summed E-state index contributed by atoms with van der Waals surface area (Å²) in [5.74, 6) is 0. The van der Waals surface area contributed by atoms with E-state index in [0.717, 1.165) is 77.9 Å². The summed E-state index contributed by atoms with van der Waals surface area (Å²) >= 11 is 0. The lowest BCUT2D eigenvalue weighted by atomic mass is 10.1. The number of benzene rings is 2. The van der Waals surface area contributed by atoms with Gasteiger partial charge in [0.25, 0.3) is 0 Å². The monoisotopic (exact) mass is 532 g/mol. The highest BCUT2D eigenvalue weighted by atomic mass is 16.3. The van der Waals surface area contributed by atoms with E-state index in [0.29, 0.717) is 0 Å². The third kappa shape index (κ3) is 3.70. The van der Waals surface area contributed by atoms with E-state index in [1.807, 2.05) is 36.7 Å². The van der Waals surface area contributed by atoms with E-state index < -0.39 is 0 Å². The standard InChI is InChI=1S/C36H28N4O/c1-5-7-13-28-23(3)34-30(16-10-20-37-34)39(28)25-18-19-33-27(22-25)26-12-9-15-32(36(26)41-33)40-29(14-8-6-2)24(4)35-31(40)17-11-21-38-35/h5-22H,1-2H2,3-4H3/b13-7-,14-8-. The topological polar surface area (TPSA) is 48.8 Å². The molecule has 5 heterocycles. The van der Waals surface area contributed by atoms with Crippen LogP contribution in [-0.2, 0) is 0 Å². The Morgan fingerprint density at radius 3 is 2.00 bits per heavy atom. The maximum absolute atomic E-state index is 6.60. The third-order valence-electron chi connectivity index (χ3n) is 7.75. The second-order valence-electron chi connectivity index (χ2n) is 10.1. The minimum absolute atomic E-state index is 0.829. The molecule has 7 rings (SSSR count). The van der Waals surface area contributed by atoms with E-state index in [1.54, 1.807) is 12.2 Å². The largest absolute Gasteiger partial charge is 0.454 e. The Morgan fingerprint density at radius 2 is 1.34 bits per heavy atom. The number of rotatable bonds is 6. The number of hydrogen-bond acceptors (Lipinski definition) is 3. The molecule has 198 valence electrons. The van der Waals surface area contributed by atoms with E-state index in [2.05, 4.69) is 107 Å². The molecule has 0 saturated heterocycles. The summed E-state index contributed by atoms with van der Waals surface area (Å²) < 4.78 is 11.1. The van der Waals surface area contributed by atoms with Crippen LogP contribution in [0.4, 0.5) is 0 Å². The fraction of sp³-hybridized carbons (Fsp3) is 0.0556. The van der Waals surface area contributed by atoms with Crippen molar-refractivity contribution in [2.75, 3.05) is 0 Å². The smallest absolute Gasteiger partial charge is 0.159 e. The SMILES string of the molecule is C=C/C=C\c1c(C)c2ncccc2n1-c1ccc2oc3c(-n4c(/C=C\C=C)c(C)c5ncccc54)cccc3c2c1. The molecule has 0 atom stereocenters. The summed E-state index contributed by atoms with van der Waals surface area (Å²) in [5, 5.41) is 2.10. The fourth-order valence-corrected chi connectivity index (χ4v) is 5.91. The first-order valence-electron chi connectivity index (χ1n) is 13.6. The second-order valence-corrected chi connectivity index (χ2v) is 10.1. The van der Waals surface area contributed by atoms with Gasteiger partial charge < -0.3 is 13.6 Å². The Morgan fingerprint density at radius 1 is 0.707 bits per heavy atom. The van der Waals surface area contributed by atoms with Crippen molar-refractivity contribution in [2.24, 2.45) is 0 Å². The van der Waals surface area contributed by atoms with Crippen LogP contribution in [0, 0.1) is 13.8 Å². The number of pyridine rings is 2. The van der Waals surface area contributed by atoms with Gasteiger partial charge in [-0.1, -0.05) is 49.6 Å². The molecule has 0 aliphatic heterocycles. The molecule has 0 bridgehead atoms. The number of aryl methyl sites for hydroxylation is 2. The van der Waals surface area contributed by atoms with Gasteiger partial charge in [0.2, 0.25) is 0 Å². The van der Waals surface area contributed by atoms with Gasteiger partial charge in [-0.15, -0.1) is 0 Å². The highest BCUT2D eigenvalue weighted by Crippen LogP contribution is 2.38. The minimum atomic E-state index is 0.829. The number of fused-ring (bicyclic) bond motifs is 5. The molecule has 7 aromatic rings. The molecule has 41 heavy (non-hydrogen) atoms. The van der Waals surface area contributed by atoms with Crippen molar-refractivity contribution >= 4 is 56.2 Å². The van der Waals surface area contributed by atoms with Crippen LogP contribution < -0.4 is 0 Å². The molecule has 0 aliphatic rings. The Balaban J connectivity index is 1.51. The Labute approximate surface area is 237 Å². The maximum atomic E-state index is 6.60. The second kappa shape index (κ2) is 9.65. The zero-order valence-corrected chi connectivity index (χ0v) is 23.0. The highest BCUT2D eigenvalue weighted by Gasteiger charge is 2.20. The van der Waals surface area contributed by atoms with Gasteiger partial charge in [0.1, 0.15) is 5.58 Å². The predicted octanol–water partition coefficient (Wildman–Crippen LogP) is 9.28. The summed E-state index contributed by atoms with van der Waals surface area (Å²) in [6.45, 7) is 12.0. The molecule has 5 nitrogen and oxygen atoms in total. The zero-order chi connectivity index (χ0) is 28.1. The minimum Gasteiger partial charge on any atom is -0.454 e. The van der Waals surface area contributed by atoms with Crippen molar-refractivity contribution in [3.63, 3.8) is 0 Å². The van der Waals surface area contributed by atoms with Crippen LogP contribution in [0.5, 0.6) is 0 Å². The summed E-state index contributed by atoms with van der Waals surface area (Å²) in [5.41, 5.74) is 12.1. The zero-order valence-electron chi connectivity index (χ0n) is 23.0. The van der Waals surface area contributed by atoms with Gasteiger partial charge in [0.15, 0.2) is 5.58 Å². The third-order valence-corrected chi connectivity index (χ3v) is 7.75. The fourth-order valence-electron chi connectivity index (χ4n) is 5.91. The van der Waals surface area contributed by atoms with Crippen molar-refractivity contribution in [1.82, 2.24) is 19.1 Å². The molecule has 0 amide bonds. The molecular formula is C36H28N4O. The van der Waals surface area contributed by atoms with Crippen LogP contribution in [0.2, 0.25) is 0 Å². The van der Waals surface area contributed by atoms with Gasteiger partial charge in [-0.05, 0) is 74.5 Å². The molecule has 0 saturated carbocycles. The van der Waals surface area contributed by atoms with Gasteiger partial charge in [0, 0.05) is 40.0 Å². The maximum Gasteiger partial charge on any atom is 0.159 e. The number of hydrogen-bond donors (Lipinski definition) is 0. The summed E-state index contributed by atoms with van der Waals surface area (Å²) in [6.07, 6.45) is 15.4. The number of aromatic nitrogens is 4. The molecular weight excluding hydrogens is 504 g/mol. The van der Waals surface area contributed by atoms with Gasteiger partial charge in [-0.3, -0.25) is 9.97 Å². The normalized spacial score (nSPS) is 12.1. The number of nitrogens with zero attached hydrogens (tertiary/aromatic N) is 4. The molecule has 5 heteroatoms. The van der Waals surface area contributed by atoms with Crippen molar-refractivity contribution < 1.29 is 4.42 Å². The molecule has 2 aromatic carbocycles. The van der Waals surface area contributed by atoms with Crippen molar-refractivity contribution in [3.05, 3.63) is 133 Å². The average Bonchev–Trinajstić information content (AvgIpc) is 3.62. The van der Waals surface area contributed by atoms with Crippen molar-refractivity contribution in [2.45, 2.75) is 13.8 Å². The quantitative estimate of drug-likeness (QED) is 0.201. The van der Waals surface area contributed by atoms with Gasteiger partial charge in [-0.25, -0.2) is 0 Å². The summed E-state index contributed by atoms with van der Waals surface area (Å²) in [7, 11) is 0. The van der Waals surface area contributed by atoms with Crippen molar-refractivity contribution in [1.29, 1.82) is 0 Å². The molecule has 0 N–H and O–H groups in total. The van der Waals surface area contributed by atoms with Crippen LogP contribution in [0.25, 0.3) is 67.5 Å².